The maximum absolute atomic E-state index is 13.0. The van der Waals surface area contributed by atoms with Gasteiger partial charge in [0.1, 0.15) is 5.82 Å². The fraction of sp³-hybridized carbons (Fsp3) is 0.467. The van der Waals surface area contributed by atoms with E-state index in [1.807, 2.05) is 6.08 Å². The van der Waals surface area contributed by atoms with Crippen LogP contribution in [0.5, 0.6) is 0 Å². The van der Waals surface area contributed by atoms with Gasteiger partial charge in [0.05, 0.1) is 0 Å². The Labute approximate surface area is 114 Å². The maximum atomic E-state index is 13.0. The minimum Gasteiger partial charge on any atom is -0.314 e. The highest BCUT2D eigenvalue weighted by atomic mass is 35.5. The van der Waals surface area contributed by atoms with E-state index in [2.05, 4.69) is 32.7 Å². The zero-order valence-electron chi connectivity index (χ0n) is 11.3. The van der Waals surface area contributed by atoms with Crippen LogP contribution in [-0.2, 0) is 6.42 Å². The fourth-order valence-corrected chi connectivity index (χ4v) is 1.98. The smallest absolute Gasteiger partial charge is 0.124 e. The molecule has 0 radical (unpaired) electrons. The molecule has 1 rings (SSSR count). The van der Waals surface area contributed by atoms with E-state index in [1.54, 1.807) is 6.07 Å². The summed E-state index contributed by atoms with van der Waals surface area (Å²) in [4.78, 5) is 0. The summed E-state index contributed by atoms with van der Waals surface area (Å²) in [6.07, 6.45) is 2.68. The number of rotatable bonds is 6. The number of hydrogen-bond donors (Lipinski definition) is 1. The molecule has 18 heavy (non-hydrogen) atoms. The van der Waals surface area contributed by atoms with Crippen LogP contribution >= 0.6 is 11.6 Å². The average Bonchev–Trinajstić information content (AvgIpc) is 2.30. The first kappa shape index (κ1) is 15.2. The SMILES string of the molecule is C=CC(C)(CNC(C)C)Cc1ccc(F)cc1Cl. The largest absolute Gasteiger partial charge is 0.314 e. The van der Waals surface area contributed by atoms with Gasteiger partial charge in [-0.2, -0.15) is 0 Å². The van der Waals surface area contributed by atoms with E-state index in [0.717, 1.165) is 18.5 Å². The second-order valence-electron chi connectivity index (χ2n) is 5.31. The molecular formula is C15H21ClFN. The molecule has 0 aromatic heterocycles. The van der Waals surface area contributed by atoms with Gasteiger partial charge in [-0.1, -0.05) is 44.5 Å². The third-order valence-corrected chi connectivity index (χ3v) is 3.37. The maximum Gasteiger partial charge on any atom is 0.124 e. The molecule has 0 bridgehead atoms. The van der Waals surface area contributed by atoms with Gasteiger partial charge in [-0.05, 0) is 24.1 Å². The van der Waals surface area contributed by atoms with Crippen LogP contribution in [0.1, 0.15) is 26.3 Å². The molecule has 1 aromatic rings. The van der Waals surface area contributed by atoms with Gasteiger partial charge < -0.3 is 5.32 Å². The van der Waals surface area contributed by atoms with E-state index in [-0.39, 0.29) is 11.2 Å². The van der Waals surface area contributed by atoms with Gasteiger partial charge in [-0.15, -0.1) is 6.58 Å². The molecule has 1 nitrogen and oxygen atoms in total. The van der Waals surface area contributed by atoms with Gasteiger partial charge in [0.25, 0.3) is 0 Å². The number of benzene rings is 1. The first-order valence-electron chi connectivity index (χ1n) is 6.17. The van der Waals surface area contributed by atoms with Crippen LogP contribution in [0.25, 0.3) is 0 Å². The molecule has 0 aliphatic heterocycles. The molecule has 1 N–H and O–H groups in total. The molecule has 1 atom stereocenters. The Hall–Kier alpha value is -0.860. The Bertz CT molecular complexity index is 417. The molecule has 0 spiro atoms. The third-order valence-electron chi connectivity index (χ3n) is 3.02. The van der Waals surface area contributed by atoms with Gasteiger partial charge in [0.15, 0.2) is 0 Å². The fourth-order valence-electron chi connectivity index (χ4n) is 1.74. The topological polar surface area (TPSA) is 12.0 Å². The molecule has 1 aromatic carbocycles. The lowest BCUT2D eigenvalue weighted by molar-refractivity contribution is 0.373. The van der Waals surface area contributed by atoms with Crippen molar-refractivity contribution in [2.24, 2.45) is 5.41 Å². The van der Waals surface area contributed by atoms with Gasteiger partial charge in [-0.25, -0.2) is 4.39 Å². The Balaban J connectivity index is 2.81. The number of halogens is 2. The first-order chi connectivity index (χ1) is 8.36. The molecule has 0 heterocycles. The van der Waals surface area contributed by atoms with Crippen molar-refractivity contribution in [1.29, 1.82) is 0 Å². The summed E-state index contributed by atoms with van der Waals surface area (Å²) >= 11 is 6.06. The van der Waals surface area contributed by atoms with E-state index in [0.29, 0.717) is 11.1 Å². The van der Waals surface area contributed by atoms with Crippen molar-refractivity contribution in [1.82, 2.24) is 5.32 Å². The minimum atomic E-state index is -0.302. The molecule has 0 saturated carbocycles. The summed E-state index contributed by atoms with van der Waals surface area (Å²) in [6.45, 7) is 11.0. The molecule has 0 saturated heterocycles. The Morgan fingerprint density at radius 2 is 2.17 bits per heavy atom. The van der Waals surface area contributed by atoms with E-state index < -0.39 is 0 Å². The molecule has 100 valence electrons. The lowest BCUT2D eigenvalue weighted by atomic mass is 9.83. The van der Waals surface area contributed by atoms with Crippen molar-refractivity contribution >= 4 is 11.6 Å². The zero-order chi connectivity index (χ0) is 13.8. The van der Waals surface area contributed by atoms with Gasteiger partial charge in [0.2, 0.25) is 0 Å². The second-order valence-corrected chi connectivity index (χ2v) is 5.71. The Morgan fingerprint density at radius 1 is 1.50 bits per heavy atom. The number of hydrogen-bond acceptors (Lipinski definition) is 1. The monoisotopic (exact) mass is 269 g/mol. The summed E-state index contributed by atoms with van der Waals surface area (Å²) in [5.74, 6) is -0.302. The summed E-state index contributed by atoms with van der Waals surface area (Å²) in [6, 6.07) is 4.97. The summed E-state index contributed by atoms with van der Waals surface area (Å²) in [5.41, 5.74) is 0.858. The lowest BCUT2D eigenvalue weighted by Gasteiger charge is -2.28. The van der Waals surface area contributed by atoms with Crippen LogP contribution in [0, 0.1) is 11.2 Å². The highest BCUT2D eigenvalue weighted by Crippen LogP contribution is 2.28. The first-order valence-corrected chi connectivity index (χ1v) is 6.55. The van der Waals surface area contributed by atoms with Gasteiger partial charge in [0, 0.05) is 23.0 Å². The summed E-state index contributed by atoms with van der Waals surface area (Å²) in [7, 11) is 0. The molecular weight excluding hydrogens is 249 g/mol. The van der Waals surface area contributed by atoms with Crippen molar-refractivity contribution in [3.63, 3.8) is 0 Å². The van der Waals surface area contributed by atoms with Crippen LogP contribution < -0.4 is 5.32 Å². The highest BCUT2D eigenvalue weighted by molar-refractivity contribution is 6.31. The van der Waals surface area contributed by atoms with E-state index in [9.17, 15) is 4.39 Å². The predicted octanol–water partition coefficient (Wildman–Crippen LogP) is 4.21. The van der Waals surface area contributed by atoms with Crippen LogP contribution in [0.15, 0.2) is 30.9 Å². The average molecular weight is 270 g/mol. The van der Waals surface area contributed by atoms with Crippen LogP contribution in [0.2, 0.25) is 5.02 Å². The van der Waals surface area contributed by atoms with Gasteiger partial charge in [-0.3, -0.25) is 0 Å². The summed E-state index contributed by atoms with van der Waals surface area (Å²) < 4.78 is 13.0. The predicted molar refractivity (Wildman–Crippen MR) is 76.6 cm³/mol. The Kier molecular flexibility index (Phi) is 5.36. The van der Waals surface area contributed by atoms with E-state index >= 15 is 0 Å². The Morgan fingerprint density at radius 3 is 2.67 bits per heavy atom. The molecule has 1 unspecified atom stereocenters. The molecule has 0 aliphatic rings. The standard InChI is InChI=1S/C15H21ClFN/c1-5-15(4,10-18-11(2)3)9-12-6-7-13(17)8-14(12)16/h5-8,11,18H,1,9-10H2,2-4H3. The molecule has 0 amide bonds. The molecule has 3 heteroatoms. The quantitative estimate of drug-likeness (QED) is 0.763. The molecule has 0 fully saturated rings. The summed E-state index contributed by atoms with van der Waals surface area (Å²) in [5, 5.41) is 3.88. The van der Waals surface area contributed by atoms with Crippen LogP contribution in [0.4, 0.5) is 4.39 Å². The zero-order valence-corrected chi connectivity index (χ0v) is 12.0. The second kappa shape index (κ2) is 6.35. The lowest BCUT2D eigenvalue weighted by Crippen LogP contribution is -2.35. The van der Waals surface area contributed by atoms with Crippen molar-refractivity contribution in [2.75, 3.05) is 6.54 Å². The van der Waals surface area contributed by atoms with Crippen LogP contribution in [-0.4, -0.2) is 12.6 Å². The molecule has 0 aliphatic carbocycles. The highest BCUT2D eigenvalue weighted by Gasteiger charge is 2.22. The van der Waals surface area contributed by atoms with Crippen LogP contribution in [0.3, 0.4) is 0 Å². The minimum absolute atomic E-state index is 0.0915. The number of nitrogens with one attached hydrogen (secondary N) is 1. The van der Waals surface area contributed by atoms with Crippen molar-refractivity contribution in [3.05, 3.63) is 47.3 Å². The van der Waals surface area contributed by atoms with E-state index in [4.69, 9.17) is 11.6 Å². The van der Waals surface area contributed by atoms with Crippen molar-refractivity contribution in [3.8, 4) is 0 Å². The van der Waals surface area contributed by atoms with Crippen molar-refractivity contribution < 1.29 is 4.39 Å². The normalized spacial score (nSPS) is 14.6. The van der Waals surface area contributed by atoms with E-state index in [1.165, 1.54) is 12.1 Å². The van der Waals surface area contributed by atoms with Crippen molar-refractivity contribution in [2.45, 2.75) is 33.2 Å². The third kappa shape index (κ3) is 4.43. The van der Waals surface area contributed by atoms with Gasteiger partial charge >= 0.3 is 0 Å².